The van der Waals surface area contributed by atoms with Gasteiger partial charge in [-0.2, -0.15) is 10.5 Å². The lowest BCUT2D eigenvalue weighted by molar-refractivity contribution is -0.275. The van der Waals surface area contributed by atoms with E-state index >= 15 is 0 Å². The molecular weight excluding hydrogens is 223 g/mol. The van der Waals surface area contributed by atoms with E-state index in [4.69, 9.17) is 10.5 Å². The number of aromatic nitrogens is 1. The van der Waals surface area contributed by atoms with Gasteiger partial charge in [-0.05, 0) is 6.07 Å². The van der Waals surface area contributed by atoms with Crippen molar-refractivity contribution >= 4 is 0 Å². The number of hydrogen-bond acceptors (Lipinski definition) is 4. The fourth-order valence-electron chi connectivity index (χ4n) is 1.01. The van der Waals surface area contributed by atoms with Crippen molar-refractivity contribution < 1.29 is 17.9 Å². The maximum Gasteiger partial charge on any atom is 0.573 e. The highest BCUT2D eigenvalue weighted by Gasteiger charge is 2.33. The SMILES string of the molecule is N#CCc1nccc(C#N)c1OC(F)(F)F. The number of nitrogens with zero attached hydrogens (tertiary/aromatic N) is 3. The lowest BCUT2D eigenvalue weighted by Gasteiger charge is -2.12. The molecule has 0 aliphatic heterocycles. The minimum absolute atomic E-state index is 0.209. The van der Waals surface area contributed by atoms with E-state index in [9.17, 15) is 13.2 Å². The quantitative estimate of drug-likeness (QED) is 0.773. The maximum atomic E-state index is 12.0. The molecule has 0 amide bonds. The molecule has 1 heterocycles. The molecule has 0 aromatic carbocycles. The second-order valence-corrected chi connectivity index (χ2v) is 2.63. The van der Waals surface area contributed by atoms with Crippen LogP contribution in [0.1, 0.15) is 11.3 Å². The summed E-state index contributed by atoms with van der Waals surface area (Å²) < 4.78 is 39.8. The minimum Gasteiger partial charge on any atom is -0.402 e. The molecule has 7 heteroatoms. The average Bonchev–Trinajstić information content (AvgIpc) is 2.19. The second-order valence-electron chi connectivity index (χ2n) is 2.63. The largest absolute Gasteiger partial charge is 0.573 e. The van der Waals surface area contributed by atoms with Gasteiger partial charge in [-0.1, -0.05) is 0 Å². The van der Waals surface area contributed by atoms with Gasteiger partial charge in [-0.25, -0.2) is 0 Å². The second kappa shape index (κ2) is 4.49. The van der Waals surface area contributed by atoms with E-state index in [1.165, 1.54) is 0 Å². The van der Waals surface area contributed by atoms with Crippen LogP contribution in [0.3, 0.4) is 0 Å². The number of hydrogen-bond donors (Lipinski definition) is 0. The van der Waals surface area contributed by atoms with Crippen molar-refractivity contribution in [2.45, 2.75) is 12.8 Å². The van der Waals surface area contributed by atoms with Gasteiger partial charge < -0.3 is 4.74 Å². The Morgan fingerprint density at radius 3 is 2.56 bits per heavy atom. The van der Waals surface area contributed by atoms with E-state index in [0.717, 1.165) is 12.3 Å². The van der Waals surface area contributed by atoms with E-state index in [1.807, 2.05) is 0 Å². The molecule has 0 aliphatic rings. The molecule has 1 aromatic rings. The first-order chi connectivity index (χ1) is 7.48. The Kier molecular flexibility index (Phi) is 3.31. The van der Waals surface area contributed by atoms with Crippen LogP contribution >= 0.6 is 0 Å². The summed E-state index contributed by atoms with van der Waals surface area (Å²) in [5, 5.41) is 17.0. The molecule has 0 saturated heterocycles. The molecule has 0 radical (unpaired) electrons. The Hall–Kier alpha value is -2.28. The van der Waals surface area contributed by atoms with Crippen LogP contribution in [0.25, 0.3) is 0 Å². The summed E-state index contributed by atoms with van der Waals surface area (Å²) in [6.07, 6.45) is -4.13. The molecule has 16 heavy (non-hydrogen) atoms. The van der Waals surface area contributed by atoms with Crippen molar-refractivity contribution in [3.63, 3.8) is 0 Å². The number of rotatable bonds is 2. The lowest BCUT2D eigenvalue weighted by atomic mass is 10.2. The third-order valence-electron chi connectivity index (χ3n) is 1.56. The minimum atomic E-state index is -4.92. The summed E-state index contributed by atoms with van der Waals surface area (Å²) in [7, 11) is 0. The van der Waals surface area contributed by atoms with Crippen LogP contribution < -0.4 is 4.74 Å². The number of pyridine rings is 1. The normalized spacial score (nSPS) is 10.3. The smallest absolute Gasteiger partial charge is 0.402 e. The van der Waals surface area contributed by atoms with E-state index < -0.39 is 12.1 Å². The number of nitriles is 2. The van der Waals surface area contributed by atoms with Crippen LogP contribution in [0.2, 0.25) is 0 Å². The predicted octanol–water partition coefficient (Wildman–Crippen LogP) is 1.92. The Labute approximate surface area is 88.5 Å². The maximum absolute atomic E-state index is 12.0. The molecule has 0 aliphatic carbocycles. The molecule has 0 N–H and O–H groups in total. The summed E-state index contributed by atoms with van der Waals surface area (Å²) in [5.41, 5.74) is -0.517. The Balaban J connectivity index is 3.22. The summed E-state index contributed by atoms with van der Waals surface area (Å²) >= 11 is 0. The molecule has 0 saturated carbocycles. The summed E-state index contributed by atoms with van der Waals surface area (Å²) in [6, 6.07) is 4.27. The Morgan fingerprint density at radius 1 is 1.38 bits per heavy atom. The van der Waals surface area contributed by atoms with Crippen molar-refractivity contribution in [2.24, 2.45) is 0 Å². The van der Waals surface area contributed by atoms with Crippen molar-refractivity contribution in [1.82, 2.24) is 4.98 Å². The molecule has 0 unspecified atom stereocenters. The highest BCUT2D eigenvalue weighted by Crippen LogP contribution is 2.28. The highest BCUT2D eigenvalue weighted by molar-refractivity contribution is 5.46. The van der Waals surface area contributed by atoms with Crippen molar-refractivity contribution in [2.75, 3.05) is 0 Å². The van der Waals surface area contributed by atoms with Crippen molar-refractivity contribution in [3.05, 3.63) is 23.5 Å². The first-order valence-corrected chi connectivity index (χ1v) is 3.98. The molecule has 0 spiro atoms. The van der Waals surface area contributed by atoms with Gasteiger partial charge in [0.25, 0.3) is 0 Å². The zero-order valence-corrected chi connectivity index (χ0v) is 7.75. The zero-order chi connectivity index (χ0) is 12.2. The molecular formula is C9H4F3N3O. The zero-order valence-electron chi connectivity index (χ0n) is 7.75. The highest BCUT2D eigenvalue weighted by atomic mass is 19.4. The van der Waals surface area contributed by atoms with Gasteiger partial charge in [0.05, 0.1) is 23.7 Å². The van der Waals surface area contributed by atoms with Gasteiger partial charge in [0.2, 0.25) is 0 Å². The third-order valence-corrected chi connectivity index (χ3v) is 1.56. The average molecular weight is 227 g/mol. The molecule has 4 nitrogen and oxygen atoms in total. The van der Waals surface area contributed by atoms with E-state index in [0.29, 0.717) is 0 Å². The van der Waals surface area contributed by atoms with Gasteiger partial charge in [0, 0.05) is 6.20 Å². The predicted molar refractivity (Wildman–Crippen MR) is 45.0 cm³/mol. The van der Waals surface area contributed by atoms with Gasteiger partial charge in [0.1, 0.15) is 6.07 Å². The molecule has 0 bridgehead atoms. The van der Waals surface area contributed by atoms with E-state index in [1.54, 1.807) is 12.1 Å². The van der Waals surface area contributed by atoms with Gasteiger partial charge >= 0.3 is 6.36 Å². The summed E-state index contributed by atoms with van der Waals surface area (Å²) in [4.78, 5) is 3.56. The fraction of sp³-hybridized carbons (Fsp3) is 0.222. The monoisotopic (exact) mass is 227 g/mol. The first-order valence-electron chi connectivity index (χ1n) is 3.98. The number of halogens is 3. The number of ether oxygens (including phenoxy) is 1. The van der Waals surface area contributed by atoms with Crippen LogP contribution in [-0.2, 0) is 6.42 Å². The molecule has 1 aromatic heterocycles. The van der Waals surface area contributed by atoms with Crippen LogP contribution in [0, 0.1) is 22.7 Å². The topological polar surface area (TPSA) is 69.7 Å². The van der Waals surface area contributed by atoms with Crippen LogP contribution in [0.5, 0.6) is 5.75 Å². The van der Waals surface area contributed by atoms with Gasteiger partial charge in [-0.15, -0.1) is 13.2 Å². The van der Waals surface area contributed by atoms with E-state index in [-0.39, 0.29) is 17.7 Å². The fourth-order valence-corrected chi connectivity index (χ4v) is 1.01. The van der Waals surface area contributed by atoms with Gasteiger partial charge in [0.15, 0.2) is 5.75 Å². The third kappa shape index (κ3) is 2.85. The lowest BCUT2D eigenvalue weighted by Crippen LogP contribution is -2.19. The molecule has 82 valence electrons. The van der Waals surface area contributed by atoms with E-state index in [2.05, 4.69) is 9.72 Å². The summed E-state index contributed by atoms with van der Waals surface area (Å²) in [5.74, 6) is -0.709. The number of alkyl halides is 3. The first kappa shape index (κ1) is 11.8. The Morgan fingerprint density at radius 2 is 2.06 bits per heavy atom. The van der Waals surface area contributed by atoms with Gasteiger partial charge in [-0.3, -0.25) is 4.98 Å². The van der Waals surface area contributed by atoms with Crippen LogP contribution in [-0.4, -0.2) is 11.3 Å². The van der Waals surface area contributed by atoms with Crippen molar-refractivity contribution in [1.29, 1.82) is 10.5 Å². The van der Waals surface area contributed by atoms with Crippen molar-refractivity contribution in [3.8, 4) is 17.9 Å². The summed E-state index contributed by atoms with van der Waals surface area (Å²) in [6.45, 7) is 0. The molecule has 1 rings (SSSR count). The molecule has 0 fully saturated rings. The standard InChI is InChI=1S/C9H4F3N3O/c10-9(11,12)16-8-6(5-14)2-4-15-7(8)1-3-13/h2,4H,1H2. The molecule has 0 atom stereocenters. The van der Waals surface area contributed by atoms with Crippen LogP contribution in [0.15, 0.2) is 12.3 Å². The van der Waals surface area contributed by atoms with Crippen LogP contribution in [0.4, 0.5) is 13.2 Å². The Bertz CT molecular complexity index is 470.